The van der Waals surface area contributed by atoms with Gasteiger partial charge >= 0.3 is 0 Å². The molecule has 9 nitrogen and oxygen atoms in total. The molecule has 2 aromatic heterocycles. The molecule has 0 atom stereocenters. The number of hydrogen-bond donors (Lipinski definition) is 1. The highest BCUT2D eigenvalue weighted by Crippen LogP contribution is 2.25. The smallest absolute Gasteiger partial charge is 0.254 e. The van der Waals surface area contributed by atoms with Gasteiger partial charge in [-0.25, -0.2) is 0 Å². The summed E-state index contributed by atoms with van der Waals surface area (Å²) >= 11 is 6.06. The number of nitrogens with zero attached hydrogens (tertiary/aromatic N) is 3. The van der Waals surface area contributed by atoms with Gasteiger partial charge in [-0.15, -0.1) is 0 Å². The van der Waals surface area contributed by atoms with Crippen LogP contribution in [0.2, 0.25) is 5.02 Å². The van der Waals surface area contributed by atoms with Crippen molar-refractivity contribution in [3.05, 3.63) is 111 Å². The third-order valence-corrected chi connectivity index (χ3v) is 5.94. The lowest BCUT2D eigenvalue weighted by molar-refractivity contribution is 0.0942. The number of benzene rings is 2. The summed E-state index contributed by atoms with van der Waals surface area (Å²) in [5.41, 5.74) is 2.97. The molecule has 1 N–H and O–H groups in total. The Hall–Kier alpha value is -4.08. The predicted octanol–water partition coefficient (Wildman–Crippen LogP) is 3.76. The monoisotopic (exact) mass is 536 g/mol. The van der Waals surface area contributed by atoms with E-state index < -0.39 is 0 Å². The second kappa shape index (κ2) is 12.9. The number of aromatic nitrogens is 3. The van der Waals surface area contributed by atoms with Gasteiger partial charge in [-0.05, 0) is 29.3 Å². The number of carbonyl (C=O) groups is 1. The Kier molecular flexibility index (Phi) is 9.18. The van der Waals surface area contributed by atoms with Crippen molar-refractivity contribution >= 4 is 17.5 Å². The molecular formula is C28H29ClN4O5. The number of rotatable bonds is 12. The maximum absolute atomic E-state index is 12.9. The van der Waals surface area contributed by atoms with Crippen molar-refractivity contribution in [1.82, 2.24) is 19.7 Å². The average Bonchev–Trinajstić information content (AvgIpc) is 3.31. The van der Waals surface area contributed by atoms with E-state index in [2.05, 4.69) is 10.4 Å². The van der Waals surface area contributed by atoms with E-state index in [0.29, 0.717) is 40.9 Å². The van der Waals surface area contributed by atoms with E-state index in [1.165, 1.54) is 0 Å². The van der Waals surface area contributed by atoms with Crippen LogP contribution >= 0.6 is 11.6 Å². The summed E-state index contributed by atoms with van der Waals surface area (Å²) in [5, 5.41) is 7.91. The highest BCUT2D eigenvalue weighted by molar-refractivity contribution is 6.30. The lowest BCUT2D eigenvalue weighted by Crippen LogP contribution is -2.28. The third kappa shape index (κ3) is 7.24. The van der Waals surface area contributed by atoms with Gasteiger partial charge in [0.25, 0.3) is 11.5 Å². The van der Waals surface area contributed by atoms with Crippen molar-refractivity contribution in [2.24, 2.45) is 0 Å². The van der Waals surface area contributed by atoms with Gasteiger partial charge in [0.05, 0.1) is 38.9 Å². The predicted molar refractivity (Wildman–Crippen MR) is 144 cm³/mol. The Morgan fingerprint density at radius 3 is 2.45 bits per heavy atom. The minimum atomic E-state index is -0.265. The normalized spacial score (nSPS) is 10.8. The number of amides is 1. The second-order valence-corrected chi connectivity index (χ2v) is 8.97. The Morgan fingerprint density at radius 2 is 1.74 bits per heavy atom. The van der Waals surface area contributed by atoms with Crippen LogP contribution in [-0.4, -0.2) is 47.6 Å². The molecule has 0 fully saturated rings. The molecule has 0 spiro atoms. The zero-order valence-corrected chi connectivity index (χ0v) is 22.0. The zero-order valence-electron chi connectivity index (χ0n) is 21.2. The van der Waals surface area contributed by atoms with Crippen LogP contribution in [0.15, 0.2) is 77.9 Å². The van der Waals surface area contributed by atoms with E-state index >= 15 is 0 Å². The third-order valence-electron chi connectivity index (χ3n) is 5.72. The molecule has 38 heavy (non-hydrogen) atoms. The van der Waals surface area contributed by atoms with Gasteiger partial charge in [0.15, 0.2) is 0 Å². The van der Waals surface area contributed by atoms with Gasteiger partial charge in [-0.2, -0.15) is 5.10 Å². The van der Waals surface area contributed by atoms with E-state index in [9.17, 15) is 9.59 Å². The molecule has 0 bridgehead atoms. The molecule has 4 rings (SSSR count). The first-order chi connectivity index (χ1) is 18.4. The van der Waals surface area contributed by atoms with Crippen molar-refractivity contribution in [2.75, 3.05) is 27.4 Å². The molecule has 0 saturated heterocycles. The first kappa shape index (κ1) is 27.0. The number of halogens is 1. The number of ether oxygens (including phenoxy) is 3. The van der Waals surface area contributed by atoms with E-state index in [0.717, 1.165) is 11.1 Å². The fourth-order valence-electron chi connectivity index (χ4n) is 3.87. The molecule has 0 unspecified atom stereocenters. The Morgan fingerprint density at radius 1 is 1.00 bits per heavy atom. The van der Waals surface area contributed by atoms with Crippen molar-refractivity contribution in [2.45, 2.75) is 19.7 Å². The molecule has 0 aliphatic carbocycles. The van der Waals surface area contributed by atoms with E-state index in [1.54, 1.807) is 66.2 Å². The average molecular weight is 537 g/mol. The molecule has 2 heterocycles. The van der Waals surface area contributed by atoms with Crippen LogP contribution in [0.3, 0.4) is 0 Å². The summed E-state index contributed by atoms with van der Waals surface area (Å²) < 4.78 is 19.5. The SMILES string of the molecule is COCc1nn(Cc2ccc(Cn3ccccc3=O)cc2)cc1C(=O)NCCOc1cc(Cl)cc(OC)c1. The first-order valence-electron chi connectivity index (χ1n) is 12.0. The molecule has 0 saturated carbocycles. The van der Waals surface area contributed by atoms with Crippen molar-refractivity contribution in [3.63, 3.8) is 0 Å². The van der Waals surface area contributed by atoms with Crippen LogP contribution in [0.5, 0.6) is 11.5 Å². The summed E-state index contributed by atoms with van der Waals surface area (Å²) in [5.74, 6) is 0.882. The number of methoxy groups -OCH3 is 2. The highest BCUT2D eigenvalue weighted by Gasteiger charge is 2.16. The van der Waals surface area contributed by atoms with E-state index in [1.807, 2.05) is 30.3 Å². The number of pyridine rings is 1. The minimum Gasteiger partial charge on any atom is -0.497 e. The Balaban J connectivity index is 1.35. The molecule has 1 amide bonds. The second-order valence-electron chi connectivity index (χ2n) is 8.53. The van der Waals surface area contributed by atoms with E-state index in [-0.39, 0.29) is 31.2 Å². The molecule has 198 valence electrons. The van der Waals surface area contributed by atoms with Gasteiger partial charge < -0.3 is 24.1 Å². The standard InChI is InChI=1S/C28H29ClN4O5/c1-36-19-26-25(28(35)30-10-12-38-24-14-22(29)13-23(15-24)37-2)18-33(31-26)17-21-8-6-20(7-9-21)16-32-11-4-3-5-27(32)34/h3-9,11,13-15,18H,10,12,16-17,19H2,1-2H3,(H,30,35). The molecule has 10 heteroatoms. The number of carbonyl (C=O) groups excluding carboxylic acids is 1. The summed E-state index contributed by atoms with van der Waals surface area (Å²) in [6, 6.07) is 18.1. The van der Waals surface area contributed by atoms with Crippen molar-refractivity contribution in [3.8, 4) is 11.5 Å². The van der Waals surface area contributed by atoms with Crippen LogP contribution in [0.4, 0.5) is 0 Å². The van der Waals surface area contributed by atoms with Gasteiger partial charge in [0.1, 0.15) is 23.8 Å². The fourth-order valence-corrected chi connectivity index (χ4v) is 4.08. The number of nitrogens with one attached hydrogen (secondary N) is 1. The highest BCUT2D eigenvalue weighted by atomic mass is 35.5. The summed E-state index contributed by atoms with van der Waals surface area (Å²) in [6.45, 7) is 1.73. The molecule has 0 radical (unpaired) electrons. The minimum absolute atomic E-state index is 0.0409. The maximum atomic E-state index is 12.9. The van der Waals surface area contributed by atoms with Crippen molar-refractivity contribution < 1.29 is 19.0 Å². The maximum Gasteiger partial charge on any atom is 0.254 e. The zero-order chi connectivity index (χ0) is 26.9. The van der Waals surface area contributed by atoms with Crippen LogP contribution in [0.25, 0.3) is 0 Å². The Bertz CT molecular complexity index is 1430. The lowest BCUT2D eigenvalue weighted by atomic mass is 10.1. The van der Waals surface area contributed by atoms with Gasteiger partial charge in [0.2, 0.25) is 0 Å². The first-order valence-corrected chi connectivity index (χ1v) is 12.4. The van der Waals surface area contributed by atoms with Crippen LogP contribution < -0.4 is 20.3 Å². The van der Waals surface area contributed by atoms with E-state index in [4.69, 9.17) is 25.8 Å². The molecule has 0 aliphatic heterocycles. The van der Waals surface area contributed by atoms with Gasteiger partial charge in [-0.3, -0.25) is 14.3 Å². The molecule has 2 aromatic carbocycles. The van der Waals surface area contributed by atoms with Crippen LogP contribution in [-0.2, 0) is 24.4 Å². The summed E-state index contributed by atoms with van der Waals surface area (Å²) in [6.07, 6.45) is 3.48. The topological polar surface area (TPSA) is 96.6 Å². The summed E-state index contributed by atoms with van der Waals surface area (Å²) in [7, 11) is 3.11. The molecular weight excluding hydrogens is 508 g/mol. The fraction of sp³-hybridized carbons (Fsp3) is 0.250. The molecule has 0 aliphatic rings. The van der Waals surface area contributed by atoms with Crippen molar-refractivity contribution in [1.29, 1.82) is 0 Å². The van der Waals surface area contributed by atoms with Gasteiger partial charge in [-0.1, -0.05) is 41.9 Å². The molecule has 4 aromatic rings. The largest absolute Gasteiger partial charge is 0.497 e. The van der Waals surface area contributed by atoms with Crippen LogP contribution in [0, 0.1) is 0 Å². The quantitative estimate of drug-likeness (QED) is 0.277. The van der Waals surface area contributed by atoms with Gasteiger partial charge in [0, 0.05) is 36.7 Å². The Labute approximate surface area is 225 Å². The summed E-state index contributed by atoms with van der Waals surface area (Å²) in [4.78, 5) is 24.8. The lowest BCUT2D eigenvalue weighted by Gasteiger charge is -2.09. The van der Waals surface area contributed by atoms with Crippen LogP contribution in [0.1, 0.15) is 27.2 Å². The number of hydrogen-bond acceptors (Lipinski definition) is 6.